The molecule has 1 amide bonds. The zero-order chi connectivity index (χ0) is 11.7. The fraction of sp³-hybridized carbons (Fsp3) is 0.818. The van der Waals surface area contributed by atoms with Gasteiger partial charge in [-0.05, 0) is 13.3 Å². The third-order valence-electron chi connectivity index (χ3n) is 2.30. The van der Waals surface area contributed by atoms with Crippen molar-refractivity contribution in [1.29, 1.82) is 0 Å². The number of carboxylic acid groups (broad SMARTS) is 1. The Kier molecular flexibility index (Phi) is 13.1. The van der Waals surface area contributed by atoms with Gasteiger partial charge in [0.1, 0.15) is 0 Å². The second-order valence-electron chi connectivity index (χ2n) is 3.59. The van der Waals surface area contributed by atoms with Crippen LogP contribution in [0, 0.1) is 0 Å². The van der Waals surface area contributed by atoms with Crippen LogP contribution >= 0.6 is 0 Å². The summed E-state index contributed by atoms with van der Waals surface area (Å²) >= 11 is 0. The molecule has 16 heavy (non-hydrogen) atoms. The first-order valence-corrected chi connectivity index (χ1v) is 5.59. The van der Waals surface area contributed by atoms with Crippen LogP contribution in [0.25, 0.3) is 0 Å². The predicted molar refractivity (Wildman–Crippen MR) is 56.0 cm³/mol. The maximum Gasteiger partial charge on any atom is 1.00 e. The normalized spacial score (nSPS) is 9.38. The third-order valence-corrected chi connectivity index (χ3v) is 2.30. The molecule has 0 aliphatic rings. The Morgan fingerprint density at radius 1 is 1.12 bits per heavy atom. The molecule has 0 aliphatic heterocycles. The van der Waals surface area contributed by atoms with Gasteiger partial charge in [-0.25, -0.2) is 0 Å². The summed E-state index contributed by atoms with van der Waals surface area (Å²) in [6.45, 7) is 4.02. The fourth-order valence-electron chi connectivity index (χ4n) is 1.39. The molecule has 0 bridgehead atoms. The maximum absolute atomic E-state index is 11.5. The van der Waals surface area contributed by atoms with Crippen LogP contribution in [0.3, 0.4) is 0 Å². The molecule has 0 N–H and O–H groups in total. The van der Waals surface area contributed by atoms with Gasteiger partial charge in [0, 0.05) is 13.0 Å². The van der Waals surface area contributed by atoms with Crippen molar-refractivity contribution in [2.24, 2.45) is 0 Å². The maximum atomic E-state index is 11.5. The summed E-state index contributed by atoms with van der Waals surface area (Å²) in [5.74, 6) is -1.28. The molecule has 4 nitrogen and oxygen atoms in total. The van der Waals surface area contributed by atoms with E-state index in [-0.39, 0.29) is 42.0 Å². The van der Waals surface area contributed by atoms with Crippen LogP contribution in [0.5, 0.6) is 0 Å². The van der Waals surface area contributed by atoms with Crippen LogP contribution in [0.15, 0.2) is 0 Å². The number of unbranched alkanes of at least 4 members (excludes halogenated alkanes) is 3. The van der Waals surface area contributed by atoms with Gasteiger partial charge >= 0.3 is 29.6 Å². The van der Waals surface area contributed by atoms with Crippen LogP contribution in [0.1, 0.15) is 46.0 Å². The first-order valence-electron chi connectivity index (χ1n) is 5.59. The van der Waals surface area contributed by atoms with Crippen LogP contribution in [0.2, 0.25) is 0 Å². The van der Waals surface area contributed by atoms with E-state index in [9.17, 15) is 14.7 Å². The number of nitrogens with zero attached hydrogens (tertiary/aromatic N) is 1. The third kappa shape index (κ3) is 9.19. The van der Waals surface area contributed by atoms with Crippen LogP contribution in [-0.2, 0) is 9.59 Å². The predicted octanol–water partition coefficient (Wildman–Crippen LogP) is -2.44. The summed E-state index contributed by atoms with van der Waals surface area (Å²) in [7, 11) is 0. The van der Waals surface area contributed by atoms with Crippen LogP contribution in [0.4, 0.5) is 0 Å². The fourth-order valence-corrected chi connectivity index (χ4v) is 1.39. The van der Waals surface area contributed by atoms with E-state index in [0.29, 0.717) is 13.0 Å². The van der Waals surface area contributed by atoms with E-state index in [4.69, 9.17) is 0 Å². The van der Waals surface area contributed by atoms with E-state index in [1.54, 1.807) is 6.92 Å². The molecule has 0 aliphatic carbocycles. The molecular formula is C11H20NNaO3. The molecule has 5 heteroatoms. The van der Waals surface area contributed by atoms with E-state index in [1.165, 1.54) is 4.90 Å². The first-order chi connectivity index (χ1) is 7.11. The van der Waals surface area contributed by atoms with E-state index >= 15 is 0 Å². The van der Waals surface area contributed by atoms with Crippen molar-refractivity contribution in [2.45, 2.75) is 46.0 Å². The standard InChI is InChI=1S/C11H21NO3.Na/c1-3-5-6-7-8-10(13)12(4-2)9-11(14)15;/h3-9H2,1-2H3,(H,14,15);/q;+1/p-1. The molecule has 88 valence electrons. The van der Waals surface area contributed by atoms with Gasteiger partial charge < -0.3 is 14.8 Å². The van der Waals surface area contributed by atoms with Gasteiger partial charge in [0.25, 0.3) is 0 Å². The van der Waals surface area contributed by atoms with Crippen molar-refractivity contribution < 1.29 is 44.3 Å². The Labute approximate surface area is 120 Å². The molecular weight excluding hydrogens is 217 g/mol. The number of hydrogen-bond acceptors (Lipinski definition) is 3. The molecule has 0 fully saturated rings. The topological polar surface area (TPSA) is 60.4 Å². The van der Waals surface area contributed by atoms with Crippen molar-refractivity contribution in [3.63, 3.8) is 0 Å². The summed E-state index contributed by atoms with van der Waals surface area (Å²) in [4.78, 5) is 23.2. The summed E-state index contributed by atoms with van der Waals surface area (Å²) in [5.41, 5.74) is 0. The van der Waals surface area contributed by atoms with Gasteiger partial charge in [-0.2, -0.15) is 0 Å². The van der Waals surface area contributed by atoms with Gasteiger partial charge in [0.05, 0.1) is 12.5 Å². The van der Waals surface area contributed by atoms with E-state index in [2.05, 4.69) is 6.92 Å². The van der Waals surface area contributed by atoms with Gasteiger partial charge in [-0.3, -0.25) is 4.79 Å². The quantitative estimate of drug-likeness (QED) is 0.348. The van der Waals surface area contributed by atoms with Gasteiger partial charge in [0.15, 0.2) is 0 Å². The van der Waals surface area contributed by atoms with Crippen molar-refractivity contribution in [2.75, 3.05) is 13.1 Å². The van der Waals surface area contributed by atoms with Crippen LogP contribution < -0.4 is 34.7 Å². The number of hydrogen-bond donors (Lipinski definition) is 0. The minimum absolute atomic E-state index is 0. The average Bonchev–Trinajstić information content (AvgIpc) is 2.20. The molecule has 0 aromatic heterocycles. The second kappa shape index (κ2) is 11.4. The van der Waals surface area contributed by atoms with Crippen molar-refractivity contribution in [1.82, 2.24) is 4.90 Å². The second-order valence-corrected chi connectivity index (χ2v) is 3.59. The van der Waals surface area contributed by atoms with Gasteiger partial charge in [-0.15, -0.1) is 0 Å². The minimum Gasteiger partial charge on any atom is -0.548 e. The summed E-state index contributed by atoms with van der Waals surface area (Å²) in [5, 5.41) is 10.3. The monoisotopic (exact) mass is 237 g/mol. The molecule has 0 spiro atoms. The van der Waals surface area contributed by atoms with Gasteiger partial charge in [0.2, 0.25) is 5.91 Å². The number of amides is 1. The molecule has 0 radical (unpaired) electrons. The minimum atomic E-state index is -1.20. The van der Waals surface area contributed by atoms with Crippen LogP contribution in [-0.4, -0.2) is 29.9 Å². The Morgan fingerprint density at radius 2 is 1.75 bits per heavy atom. The molecule has 0 heterocycles. The first kappa shape index (κ1) is 18.3. The number of carbonyl (C=O) groups excluding carboxylic acids is 2. The number of carboxylic acids is 1. The Hall–Kier alpha value is -0.0600. The number of aliphatic carboxylic acids is 1. The smallest absolute Gasteiger partial charge is 0.548 e. The SMILES string of the molecule is CCCCCCC(=O)N(CC)CC(=O)[O-].[Na+]. The van der Waals surface area contributed by atoms with E-state index < -0.39 is 5.97 Å². The van der Waals surface area contributed by atoms with Crippen molar-refractivity contribution >= 4 is 11.9 Å². The molecule has 0 aromatic carbocycles. The molecule has 0 unspecified atom stereocenters. The van der Waals surface area contributed by atoms with E-state index in [0.717, 1.165) is 25.7 Å². The number of rotatable bonds is 8. The molecule has 0 aromatic rings. The molecule has 0 saturated carbocycles. The number of likely N-dealkylation sites (N-methyl/N-ethyl adjacent to an activating group) is 1. The Bertz CT molecular complexity index is 209. The summed E-state index contributed by atoms with van der Waals surface area (Å²) < 4.78 is 0. The zero-order valence-corrected chi connectivity index (χ0v) is 12.6. The molecule has 0 saturated heterocycles. The Morgan fingerprint density at radius 3 is 2.19 bits per heavy atom. The number of carbonyl (C=O) groups is 2. The van der Waals surface area contributed by atoms with Crippen molar-refractivity contribution in [3.8, 4) is 0 Å². The molecule has 0 rings (SSSR count). The summed E-state index contributed by atoms with van der Waals surface area (Å²) in [6, 6.07) is 0. The summed E-state index contributed by atoms with van der Waals surface area (Å²) in [6.07, 6.45) is 4.58. The van der Waals surface area contributed by atoms with E-state index in [1.807, 2.05) is 0 Å². The largest absolute Gasteiger partial charge is 1.00 e. The average molecular weight is 237 g/mol. The van der Waals surface area contributed by atoms with Crippen molar-refractivity contribution in [3.05, 3.63) is 0 Å². The van der Waals surface area contributed by atoms with Gasteiger partial charge in [-0.1, -0.05) is 26.2 Å². The Balaban J connectivity index is 0. The molecule has 0 atom stereocenters. The zero-order valence-electron chi connectivity index (χ0n) is 10.6.